The van der Waals surface area contributed by atoms with Crippen molar-refractivity contribution in [1.82, 2.24) is 0 Å². The van der Waals surface area contributed by atoms with Gasteiger partial charge in [0.1, 0.15) is 6.61 Å². The molecule has 0 aromatic rings. The van der Waals surface area contributed by atoms with Gasteiger partial charge in [-0.3, -0.25) is 14.1 Å². The Morgan fingerprint density at radius 1 is 0.510 bits per heavy atom. The average Bonchev–Trinajstić information content (AvgIpc) is 3.10. The van der Waals surface area contributed by atoms with E-state index in [1.807, 2.05) is 0 Å². The smallest absolute Gasteiger partial charge is 0.462 e. The quantitative estimate of drug-likeness (QED) is 0.0276. The van der Waals surface area contributed by atoms with Gasteiger partial charge in [-0.2, -0.15) is 0 Å². The molecule has 0 amide bonds. The molecule has 300 valence electrons. The maximum Gasteiger partial charge on any atom is 0.469 e. The lowest BCUT2D eigenvalue weighted by molar-refractivity contribution is -0.161. The summed E-state index contributed by atoms with van der Waals surface area (Å²) in [6.07, 6.45) is 43.2. The molecule has 0 bridgehead atoms. The van der Waals surface area contributed by atoms with Crippen molar-refractivity contribution < 1.29 is 37.9 Å². The number of hydrogen-bond donors (Lipinski definition) is 2. The molecular weight excluding hydrogens is 663 g/mol. The minimum Gasteiger partial charge on any atom is -0.462 e. The molecule has 2 N–H and O–H groups in total. The van der Waals surface area contributed by atoms with Crippen molar-refractivity contribution in [3.63, 3.8) is 0 Å². The molecule has 0 aliphatic carbocycles. The zero-order valence-electron chi connectivity index (χ0n) is 33.0. The van der Waals surface area contributed by atoms with Gasteiger partial charge in [-0.15, -0.1) is 0 Å². The number of esters is 2. The summed E-state index contributed by atoms with van der Waals surface area (Å²) in [5.74, 6) is -0.885. The van der Waals surface area contributed by atoms with Gasteiger partial charge in [0.05, 0.1) is 6.61 Å². The summed E-state index contributed by atoms with van der Waals surface area (Å²) in [6, 6.07) is 0. The van der Waals surface area contributed by atoms with E-state index in [2.05, 4.69) is 42.7 Å². The van der Waals surface area contributed by atoms with Crippen molar-refractivity contribution in [3.05, 3.63) is 24.3 Å². The van der Waals surface area contributed by atoms with E-state index in [0.29, 0.717) is 6.42 Å². The molecule has 1 atom stereocenters. The van der Waals surface area contributed by atoms with Crippen molar-refractivity contribution in [3.8, 4) is 0 Å². The summed E-state index contributed by atoms with van der Waals surface area (Å²) in [6.45, 7) is 3.67. The summed E-state index contributed by atoms with van der Waals surface area (Å²) in [5, 5.41) is 0. The number of rotatable bonds is 39. The van der Waals surface area contributed by atoms with Crippen LogP contribution in [0, 0.1) is 0 Å². The van der Waals surface area contributed by atoms with E-state index in [4.69, 9.17) is 19.3 Å². The second-order valence-corrected chi connectivity index (χ2v) is 15.6. The molecule has 9 heteroatoms. The lowest BCUT2D eigenvalue weighted by Gasteiger charge is -2.18. The fourth-order valence-corrected chi connectivity index (χ4v) is 6.41. The minimum atomic E-state index is -4.75. The van der Waals surface area contributed by atoms with Gasteiger partial charge < -0.3 is 19.3 Å². The summed E-state index contributed by atoms with van der Waals surface area (Å²) in [7, 11) is -4.75. The number of carbonyl (C=O) groups excluding carboxylic acids is 2. The minimum absolute atomic E-state index is 0.215. The Hall–Kier alpha value is -1.47. The normalized spacial score (nSPS) is 12.6. The molecule has 0 rings (SSSR count). The van der Waals surface area contributed by atoms with E-state index in [9.17, 15) is 14.2 Å². The Balaban J connectivity index is 3.90. The number of unbranched alkanes of at least 4 members (excludes halogenated alkanes) is 25. The third-order valence-electron chi connectivity index (χ3n) is 9.22. The van der Waals surface area contributed by atoms with Crippen molar-refractivity contribution in [2.45, 2.75) is 219 Å². The van der Waals surface area contributed by atoms with Crippen LogP contribution in [0.1, 0.15) is 213 Å². The van der Waals surface area contributed by atoms with Crippen molar-refractivity contribution in [1.29, 1.82) is 0 Å². The Labute approximate surface area is 313 Å². The Morgan fingerprint density at radius 2 is 0.882 bits per heavy atom. The van der Waals surface area contributed by atoms with Crippen LogP contribution in [0.4, 0.5) is 0 Å². The largest absolute Gasteiger partial charge is 0.469 e. The van der Waals surface area contributed by atoms with Crippen LogP contribution < -0.4 is 0 Å². The van der Waals surface area contributed by atoms with E-state index < -0.39 is 32.5 Å². The molecule has 0 aromatic carbocycles. The number of allylic oxidation sites excluding steroid dienone is 4. The maximum absolute atomic E-state index is 12.4. The van der Waals surface area contributed by atoms with Crippen molar-refractivity contribution in [2.75, 3.05) is 13.2 Å². The van der Waals surface area contributed by atoms with Crippen LogP contribution in [0.3, 0.4) is 0 Å². The maximum atomic E-state index is 12.4. The second-order valence-electron chi connectivity index (χ2n) is 14.3. The molecule has 0 unspecified atom stereocenters. The van der Waals surface area contributed by atoms with Gasteiger partial charge in [0.2, 0.25) is 0 Å². The van der Waals surface area contributed by atoms with Crippen molar-refractivity contribution >= 4 is 19.8 Å². The number of ether oxygens (including phenoxy) is 2. The van der Waals surface area contributed by atoms with E-state index >= 15 is 0 Å². The predicted molar refractivity (Wildman–Crippen MR) is 212 cm³/mol. The van der Waals surface area contributed by atoms with E-state index in [1.165, 1.54) is 122 Å². The highest BCUT2D eigenvalue weighted by Gasteiger charge is 2.22. The first-order chi connectivity index (χ1) is 24.8. The van der Waals surface area contributed by atoms with E-state index in [1.54, 1.807) is 0 Å². The summed E-state index contributed by atoms with van der Waals surface area (Å²) in [4.78, 5) is 42.8. The highest BCUT2D eigenvalue weighted by molar-refractivity contribution is 7.46. The first kappa shape index (κ1) is 49.5. The van der Waals surface area contributed by atoms with Crippen molar-refractivity contribution in [2.24, 2.45) is 0 Å². The first-order valence-corrected chi connectivity index (χ1v) is 22.7. The lowest BCUT2D eigenvalue weighted by Crippen LogP contribution is -2.29. The number of hydrogen-bond acceptors (Lipinski definition) is 6. The Morgan fingerprint density at radius 3 is 1.33 bits per heavy atom. The van der Waals surface area contributed by atoms with Crippen LogP contribution in [0.25, 0.3) is 0 Å². The fraction of sp³-hybridized carbons (Fsp3) is 0.857. The number of phosphoric ester groups is 1. The second kappa shape index (κ2) is 38.3. The van der Waals surface area contributed by atoms with Crippen LogP contribution in [0.2, 0.25) is 0 Å². The summed E-state index contributed by atoms with van der Waals surface area (Å²) >= 11 is 0. The van der Waals surface area contributed by atoms with Gasteiger partial charge >= 0.3 is 19.8 Å². The van der Waals surface area contributed by atoms with E-state index in [0.717, 1.165) is 57.8 Å². The van der Waals surface area contributed by atoms with Gasteiger partial charge in [-0.05, 0) is 44.9 Å². The van der Waals surface area contributed by atoms with Gasteiger partial charge in [0.25, 0.3) is 0 Å². The zero-order chi connectivity index (χ0) is 37.5. The Kier molecular flexibility index (Phi) is 37.2. The summed E-state index contributed by atoms with van der Waals surface area (Å²) in [5.41, 5.74) is 0. The molecule has 0 aromatic heterocycles. The molecule has 51 heavy (non-hydrogen) atoms. The first-order valence-electron chi connectivity index (χ1n) is 21.1. The highest BCUT2D eigenvalue weighted by Crippen LogP contribution is 2.36. The van der Waals surface area contributed by atoms with E-state index in [-0.39, 0.29) is 19.4 Å². The predicted octanol–water partition coefficient (Wildman–Crippen LogP) is 12.8. The molecular formula is C42H79O8P. The topological polar surface area (TPSA) is 119 Å². The van der Waals surface area contributed by atoms with Gasteiger partial charge in [0, 0.05) is 12.8 Å². The SMILES string of the molecule is CCCCC/C=C\C/C=C\CCCCCCCCCC(=O)OC[C@H](COP(=O)(O)O)OC(=O)CCCCCCCCCCCCCCCCCC. The van der Waals surface area contributed by atoms with Crippen LogP contribution in [-0.4, -0.2) is 41.0 Å². The van der Waals surface area contributed by atoms with Gasteiger partial charge in [-0.25, -0.2) is 4.57 Å². The molecule has 0 saturated carbocycles. The van der Waals surface area contributed by atoms with Crippen LogP contribution in [-0.2, 0) is 28.2 Å². The molecule has 0 spiro atoms. The fourth-order valence-electron chi connectivity index (χ4n) is 6.05. The molecule has 8 nitrogen and oxygen atoms in total. The molecule has 0 aliphatic heterocycles. The standard InChI is InChI=1S/C42H79O8P/c1-3-5-7-9-11-13-15-17-19-21-23-24-26-28-30-32-34-36-41(43)48-38-40(39-49-51(45,46)47)50-42(44)37-35-33-31-29-27-25-22-20-18-16-14-12-10-8-6-4-2/h11,13,17,19,40H,3-10,12,14-16,18,20-39H2,1-2H3,(H2,45,46,47)/b13-11-,19-17-/t40-/m1/s1. The zero-order valence-corrected chi connectivity index (χ0v) is 33.9. The lowest BCUT2D eigenvalue weighted by atomic mass is 10.0. The van der Waals surface area contributed by atoms with Crippen LogP contribution in [0.15, 0.2) is 24.3 Å². The molecule has 0 heterocycles. The third-order valence-corrected chi connectivity index (χ3v) is 9.71. The molecule has 0 fully saturated rings. The summed E-state index contributed by atoms with van der Waals surface area (Å²) < 4.78 is 26.4. The monoisotopic (exact) mass is 743 g/mol. The average molecular weight is 743 g/mol. The third kappa shape index (κ3) is 41.2. The molecule has 0 aliphatic rings. The molecule has 0 radical (unpaired) electrons. The Bertz CT molecular complexity index is 884. The van der Waals surface area contributed by atoms with Crippen LogP contribution >= 0.6 is 7.82 Å². The number of phosphoric acid groups is 1. The van der Waals surface area contributed by atoms with Gasteiger partial charge in [-0.1, -0.05) is 179 Å². The van der Waals surface area contributed by atoms with Gasteiger partial charge in [0.15, 0.2) is 6.10 Å². The molecule has 0 saturated heterocycles. The highest BCUT2D eigenvalue weighted by atomic mass is 31.2. The van der Waals surface area contributed by atoms with Crippen LogP contribution in [0.5, 0.6) is 0 Å². The number of carbonyl (C=O) groups is 2.